The van der Waals surface area contributed by atoms with Crippen LogP contribution in [0.5, 0.6) is 5.75 Å². The summed E-state index contributed by atoms with van der Waals surface area (Å²) in [5.74, 6) is 0.177. The molecule has 0 bridgehead atoms. The van der Waals surface area contributed by atoms with Gasteiger partial charge in [-0.1, -0.05) is 23.7 Å². The number of anilines is 1. The highest BCUT2D eigenvalue weighted by Crippen LogP contribution is 2.30. The molecule has 25 heavy (non-hydrogen) atoms. The molecule has 0 aliphatic heterocycles. The summed E-state index contributed by atoms with van der Waals surface area (Å²) < 4.78 is 18.3. The Morgan fingerprint density at radius 3 is 2.64 bits per heavy atom. The van der Waals surface area contributed by atoms with E-state index in [1.807, 2.05) is 0 Å². The lowest BCUT2D eigenvalue weighted by Gasteiger charge is -2.22. The molecular formula is C19H20ClFN2O2. The molecule has 0 heterocycles. The van der Waals surface area contributed by atoms with Gasteiger partial charge in [0.15, 0.2) is 0 Å². The highest BCUT2D eigenvalue weighted by Gasteiger charge is 2.30. The van der Waals surface area contributed by atoms with Crippen LogP contribution in [0.1, 0.15) is 18.4 Å². The number of nitrogens with zero attached hydrogens (tertiary/aromatic N) is 1. The van der Waals surface area contributed by atoms with Gasteiger partial charge in [-0.2, -0.15) is 0 Å². The van der Waals surface area contributed by atoms with Gasteiger partial charge in [-0.15, -0.1) is 0 Å². The number of carbonyl (C=O) groups excluding carboxylic acids is 1. The van der Waals surface area contributed by atoms with Crippen molar-refractivity contribution in [1.82, 2.24) is 4.90 Å². The Hall–Kier alpha value is -2.11. The van der Waals surface area contributed by atoms with Crippen molar-refractivity contribution < 1.29 is 13.9 Å². The molecule has 0 saturated heterocycles. The average Bonchev–Trinajstić information content (AvgIpc) is 3.41. The van der Waals surface area contributed by atoms with Crippen molar-refractivity contribution >= 4 is 23.2 Å². The van der Waals surface area contributed by atoms with E-state index >= 15 is 0 Å². The van der Waals surface area contributed by atoms with Crippen LogP contribution in [0.3, 0.4) is 0 Å². The van der Waals surface area contributed by atoms with Crippen LogP contribution < -0.4 is 10.1 Å². The number of carbonyl (C=O) groups is 1. The molecule has 2 aromatic carbocycles. The molecule has 1 aliphatic rings. The number of hydrogen-bond donors (Lipinski definition) is 1. The molecule has 1 saturated carbocycles. The van der Waals surface area contributed by atoms with Crippen molar-refractivity contribution in [3.63, 3.8) is 0 Å². The fourth-order valence-corrected chi connectivity index (χ4v) is 2.90. The van der Waals surface area contributed by atoms with Gasteiger partial charge in [-0.3, -0.25) is 9.69 Å². The zero-order valence-electron chi connectivity index (χ0n) is 14.0. The van der Waals surface area contributed by atoms with E-state index in [9.17, 15) is 9.18 Å². The highest BCUT2D eigenvalue weighted by molar-refractivity contribution is 6.31. The Labute approximate surface area is 151 Å². The number of benzene rings is 2. The lowest BCUT2D eigenvalue weighted by Crippen LogP contribution is -2.34. The first-order chi connectivity index (χ1) is 12.0. The fraction of sp³-hybridized carbons (Fsp3) is 0.316. The molecular weight excluding hydrogens is 343 g/mol. The van der Waals surface area contributed by atoms with Crippen molar-refractivity contribution in [1.29, 1.82) is 0 Å². The van der Waals surface area contributed by atoms with Gasteiger partial charge in [0.05, 0.1) is 19.3 Å². The Bertz CT molecular complexity index is 748. The molecule has 0 spiro atoms. The number of amides is 1. The highest BCUT2D eigenvalue weighted by atomic mass is 35.5. The Morgan fingerprint density at radius 2 is 2.00 bits per heavy atom. The summed E-state index contributed by atoms with van der Waals surface area (Å²) in [6.45, 7) is 0.878. The minimum absolute atomic E-state index is 0.130. The molecule has 1 amide bonds. The summed E-state index contributed by atoms with van der Waals surface area (Å²) in [5.41, 5.74) is 1.54. The Kier molecular flexibility index (Phi) is 5.56. The molecule has 1 fully saturated rings. The van der Waals surface area contributed by atoms with E-state index < -0.39 is 0 Å². The van der Waals surface area contributed by atoms with Crippen molar-refractivity contribution in [3.05, 3.63) is 58.9 Å². The van der Waals surface area contributed by atoms with Gasteiger partial charge in [-0.25, -0.2) is 4.39 Å². The molecule has 0 radical (unpaired) electrons. The lowest BCUT2D eigenvalue weighted by atomic mass is 10.2. The summed E-state index contributed by atoms with van der Waals surface area (Å²) in [4.78, 5) is 14.6. The quantitative estimate of drug-likeness (QED) is 0.806. The molecule has 1 aliphatic carbocycles. The van der Waals surface area contributed by atoms with Crippen molar-refractivity contribution in [3.8, 4) is 5.75 Å². The van der Waals surface area contributed by atoms with Crippen LogP contribution in [-0.4, -0.2) is 30.5 Å². The number of methoxy groups -OCH3 is 1. The van der Waals surface area contributed by atoms with Crippen LogP contribution >= 0.6 is 11.6 Å². The normalized spacial score (nSPS) is 13.8. The first-order valence-corrected chi connectivity index (χ1v) is 8.55. The van der Waals surface area contributed by atoms with Crippen LogP contribution in [0.4, 0.5) is 10.1 Å². The summed E-state index contributed by atoms with van der Waals surface area (Å²) in [5, 5.41) is 3.39. The maximum Gasteiger partial charge on any atom is 0.238 e. The third kappa shape index (κ3) is 4.94. The summed E-state index contributed by atoms with van der Waals surface area (Å²) in [6.07, 6.45) is 2.16. The van der Waals surface area contributed by atoms with E-state index in [-0.39, 0.29) is 18.3 Å². The summed E-state index contributed by atoms with van der Waals surface area (Å²) in [6, 6.07) is 11.9. The number of ether oxygens (including phenoxy) is 1. The van der Waals surface area contributed by atoms with Crippen LogP contribution in [0, 0.1) is 5.82 Å². The summed E-state index contributed by atoms with van der Waals surface area (Å²) >= 11 is 6.00. The molecule has 0 atom stereocenters. The zero-order chi connectivity index (χ0) is 17.8. The third-order valence-corrected chi connectivity index (χ3v) is 4.38. The first-order valence-electron chi connectivity index (χ1n) is 8.17. The predicted molar refractivity (Wildman–Crippen MR) is 96.5 cm³/mol. The van der Waals surface area contributed by atoms with Gasteiger partial charge >= 0.3 is 0 Å². The molecule has 1 N–H and O–H groups in total. The molecule has 132 valence electrons. The van der Waals surface area contributed by atoms with Gasteiger partial charge in [0.2, 0.25) is 5.91 Å². The van der Waals surface area contributed by atoms with Crippen LogP contribution in [0.2, 0.25) is 5.02 Å². The van der Waals surface area contributed by atoms with E-state index in [0.29, 0.717) is 29.0 Å². The van der Waals surface area contributed by atoms with Crippen molar-refractivity contribution in [2.24, 2.45) is 0 Å². The van der Waals surface area contributed by atoms with Crippen LogP contribution in [0.15, 0.2) is 42.5 Å². The second-order valence-corrected chi connectivity index (χ2v) is 6.59. The minimum Gasteiger partial charge on any atom is -0.495 e. The van der Waals surface area contributed by atoms with E-state index in [1.54, 1.807) is 37.4 Å². The maximum atomic E-state index is 13.1. The second-order valence-electron chi connectivity index (χ2n) is 6.16. The molecule has 6 heteroatoms. The number of halogens is 2. The predicted octanol–water partition coefficient (Wildman–Crippen LogP) is 4.09. The largest absolute Gasteiger partial charge is 0.495 e. The molecule has 0 aromatic heterocycles. The SMILES string of the molecule is COc1ccc(Cl)cc1NC(=O)CN(Cc1ccc(F)cc1)C1CC1. The summed E-state index contributed by atoms with van der Waals surface area (Å²) in [7, 11) is 1.55. The monoisotopic (exact) mass is 362 g/mol. The smallest absolute Gasteiger partial charge is 0.238 e. The topological polar surface area (TPSA) is 41.6 Å². The maximum absolute atomic E-state index is 13.1. The first kappa shape index (κ1) is 17.7. The van der Waals surface area contributed by atoms with Crippen LogP contribution in [0.25, 0.3) is 0 Å². The van der Waals surface area contributed by atoms with Crippen LogP contribution in [-0.2, 0) is 11.3 Å². The second kappa shape index (κ2) is 7.85. The molecule has 2 aromatic rings. The van der Waals surface area contributed by atoms with E-state index in [2.05, 4.69) is 10.2 Å². The number of rotatable bonds is 7. The van der Waals surface area contributed by atoms with Gasteiger partial charge < -0.3 is 10.1 Å². The van der Waals surface area contributed by atoms with Crippen molar-refractivity contribution in [2.75, 3.05) is 19.0 Å². The zero-order valence-corrected chi connectivity index (χ0v) is 14.7. The van der Waals surface area contributed by atoms with Gasteiger partial charge in [-0.05, 0) is 48.7 Å². The average molecular weight is 363 g/mol. The standard InChI is InChI=1S/C19H20ClFN2O2/c1-25-18-9-4-14(20)10-17(18)22-19(24)12-23(16-7-8-16)11-13-2-5-15(21)6-3-13/h2-6,9-10,16H,7-8,11-12H2,1H3,(H,22,24). The van der Waals surface area contributed by atoms with Crippen molar-refractivity contribution in [2.45, 2.75) is 25.4 Å². The Morgan fingerprint density at radius 1 is 1.28 bits per heavy atom. The lowest BCUT2D eigenvalue weighted by molar-refractivity contribution is -0.117. The molecule has 0 unspecified atom stereocenters. The fourth-order valence-electron chi connectivity index (χ4n) is 2.73. The molecule has 3 rings (SSSR count). The van der Waals surface area contributed by atoms with E-state index in [0.717, 1.165) is 18.4 Å². The van der Waals surface area contributed by atoms with Gasteiger partial charge in [0.1, 0.15) is 11.6 Å². The van der Waals surface area contributed by atoms with E-state index in [4.69, 9.17) is 16.3 Å². The minimum atomic E-state index is -0.257. The molecule has 4 nitrogen and oxygen atoms in total. The van der Waals surface area contributed by atoms with E-state index in [1.165, 1.54) is 12.1 Å². The number of hydrogen-bond acceptors (Lipinski definition) is 3. The van der Waals surface area contributed by atoms with Gasteiger partial charge in [0, 0.05) is 17.6 Å². The Balaban J connectivity index is 1.65. The number of nitrogens with one attached hydrogen (secondary N) is 1. The van der Waals surface area contributed by atoms with Gasteiger partial charge in [0.25, 0.3) is 0 Å². The third-order valence-electron chi connectivity index (χ3n) is 4.14.